The van der Waals surface area contributed by atoms with Crippen LogP contribution in [0.5, 0.6) is 0 Å². The van der Waals surface area contributed by atoms with Gasteiger partial charge in [-0.2, -0.15) is 4.98 Å². The summed E-state index contributed by atoms with van der Waals surface area (Å²) < 4.78 is 0.760. The van der Waals surface area contributed by atoms with Gasteiger partial charge in [-0.15, -0.1) is 0 Å². The van der Waals surface area contributed by atoms with Crippen LogP contribution in [0.3, 0.4) is 0 Å². The summed E-state index contributed by atoms with van der Waals surface area (Å²) in [4.78, 5) is 34.9. The molecule has 1 aliphatic heterocycles. The fourth-order valence-electron chi connectivity index (χ4n) is 3.80. The lowest BCUT2D eigenvalue weighted by Gasteiger charge is -2.16. The average Bonchev–Trinajstić information content (AvgIpc) is 3.29. The van der Waals surface area contributed by atoms with Gasteiger partial charge in [0.25, 0.3) is 0 Å². The number of anilines is 4. The van der Waals surface area contributed by atoms with Gasteiger partial charge in [-0.25, -0.2) is 9.78 Å². The number of nitrogens with zero attached hydrogens (tertiary/aromatic N) is 3. The van der Waals surface area contributed by atoms with Gasteiger partial charge in [0.2, 0.25) is 11.9 Å². The molecule has 1 aromatic carbocycles. The summed E-state index contributed by atoms with van der Waals surface area (Å²) in [6.07, 6.45) is 5.60. The van der Waals surface area contributed by atoms with Gasteiger partial charge in [0.05, 0.1) is 4.47 Å². The van der Waals surface area contributed by atoms with E-state index in [4.69, 9.17) is 0 Å². The molecule has 3 amide bonds. The Bertz CT molecular complexity index is 997. The molecule has 1 saturated carbocycles. The van der Waals surface area contributed by atoms with E-state index >= 15 is 0 Å². The average molecular weight is 516 g/mol. The van der Waals surface area contributed by atoms with Crippen molar-refractivity contribution in [2.24, 2.45) is 11.8 Å². The zero-order valence-corrected chi connectivity index (χ0v) is 20.3. The highest BCUT2D eigenvalue weighted by atomic mass is 79.9. The molecule has 0 spiro atoms. The molecule has 0 unspecified atom stereocenters. The summed E-state index contributed by atoms with van der Waals surface area (Å²) in [5.74, 6) is 2.01. The quantitative estimate of drug-likeness (QED) is 0.372. The first-order chi connectivity index (χ1) is 16.0. The van der Waals surface area contributed by atoms with E-state index < -0.39 is 0 Å². The number of benzene rings is 1. The molecule has 33 heavy (non-hydrogen) atoms. The number of amides is 3. The maximum Gasteiger partial charge on any atom is 0.321 e. The Kier molecular flexibility index (Phi) is 7.64. The summed E-state index contributed by atoms with van der Waals surface area (Å²) in [5, 5.41) is 12.4. The number of carbonyl (C=O) groups is 2. The van der Waals surface area contributed by atoms with Gasteiger partial charge in [-0.1, -0.05) is 13.0 Å². The molecule has 176 valence electrons. The molecule has 9 nitrogen and oxygen atoms in total. The van der Waals surface area contributed by atoms with E-state index in [0.29, 0.717) is 30.8 Å². The van der Waals surface area contributed by atoms with Crippen molar-refractivity contribution in [1.29, 1.82) is 0 Å². The van der Waals surface area contributed by atoms with Crippen LogP contribution >= 0.6 is 15.9 Å². The molecule has 1 saturated heterocycles. The number of likely N-dealkylation sites (tertiary alicyclic amines) is 1. The molecule has 2 aliphatic rings. The topological polar surface area (TPSA) is 111 Å². The Balaban J connectivity index is 1.27. The van der Waals surface area contributed by atoms with E-state index in [1.54, 1.807) is 6.20 Å². The Labute approximate surface area is 202 Å². The van der Waals surface area contributed by atoms with Crippen molar-refractivity contribution in [3.63, 3.8) is 0 Å². The number of urea groups is 1. The van der Waals surface area contributed by atoms with Crippen LogP contribution in [-0.4, -0.2) is 53.0 Å². The van der Waals surface area contributed by atoms with Crippen LogP contribution in [0.2, 0.25) is 0 Å². The second-order valence-corrected chi connectivity index (χ2v) is 9.47. The molecule has 0 radical (unpaired) electrons. The third kappa shape index (κ3) is 6.56. The molecule has 4 N–H and O–H groups in total. The van der Waals surface area contributed by atoms with Crippen LogP contribution < -0.4 is 21.3 Å². The lowest BCUT2D eigenvalue weighted by molar-refractivity contribution is -0.122. The first kappa shape index (κ1) is 23.3. The van der Waals surface area contributed by atoms with Crippen molar-refractivity contribution < 1.29 is 9.59 Å². The van der Waals surface area contributed by atoms with Crippen LogP contribution in [0.25, 0.3) is 0 Å². The predicted molar refractivity (Wildman–Crippen MR) is 133 cm³/mol. The third-order valence-electron chi connectivity index (χ3n) is 5.90. The zero-order chi connectivity index (χ0) is 23.2. The summed E-state index contributed by atoms with van der Waals surface area (Å²) in [6, 6.07) is 7.41. The van der Waals surface area contributed by atoms with Crippen LogP contribution in [0.15, 0.2) is 34.9 Å². The number of halogens is 1. The molecular formula is C23H30BrN7O2. The summed E-state index contributed by atoms with van der Waals surface area (Å²) in [6.45, 7) is 5.02. The SMILES string of the molecule is C[C@H]1C[C@@H]1C(=O)NCCCNc1nc(Nc2cccc(NC(=O)N3CCCC3)c2)ncc1Br. The molecule has 2 heterocycles. The Morgan fingerprint density at radius 3 is 2.70 bits per heavy atom. The van der Waals surface area contributed by atoms with Gasteiger partial charge >= 0.3 is 6.03 Å². The molecular weight excluding hydrogens is 486 g/mol. The molecule has 1 aliphatic carbocycles. The largest absolute Gasteiger partial charge is 0.369 e. The minimum absolute atomic E-state index is 0.0705. The predicted octanol–water partition coefficient (Wildman–Crippen LogP) is 4.18. The normalized spacial score (nSPS) is 19.2. The lowest BCUT2D eigenvalue weighted by atomic mass is 10.3. The Morgan fingerprint density at radius 2 is 1.94 bits per heavy atom. The smallest absolute Gasteiger partial charge is 0.321 e. The third-order valence-corrected chi connectivity index (χ3v) is 6.48. The number of aromatic nitrogens is 2. The van der Waals surface area contributed by atoms with Crippen LogP contribution in [0.4, 0.5) is 27.9 Å². The fraction of sp³-hybridized carbons (Fsp3) is 0.478. The van der Waals surface area contributed by atoms with Gasteiger partial charge in [0.1, 0.15) is 5.82 Å². The molecule has 0 bridgehead atoms. The summed E-state index contributed by atoms with van der Waals surface area (Å²) in [7, 11) is 0. The highest BCUT2D eigenvalue weighted by Crippen LogP contribution is 2.37. The van der Waals surface area contributed by atoms with Gasteiger partial charge in [0, 0.05) is 49.7 Å². The van der Waals surface area contributed by atoms with Crippen molar-refractivity contribution in [3.05, 3.63) is 34.9 Å². The van der Waals surface area contributed by atoms with E-state index in [9.17, 15) is 9.59 Å². The van der Waals surface area contributed by atoms with Crippen molar-refractivity contribution in [1.82, 2.24) is 20.2 Å². The van der Waals surface area contributed by atoms with E-state index in [0.717, 1.165) is 54.6 Å². The van der Waals surface area contributed by atoms with Crippen molar-refractivity contribution in [3.8, 4) is 0 Å². The van der Waals surface area contributed by atoms with Crippen LogP contribution in [-0.2, 0) is 4.79 Å². The van der Waals surface area contributed by atoms with Gasteiger partial charge in [0.15, 0.2) is 0 Å². The summed E-state index contributed by atoms with van der Waals surface area (Å²) in [5.41, 5.74) is 1.49. The standard InChI is InChI=1S/C23H30BrN7O2/c1-15-12-18(15)21(32)26-9-5-8-25-20-19(24)14-27-22(30-20)28-16-6-4-7-17(13-16)29-23(33)31-10-2-3-11-31/h4,6-7,13-15,18H,2-3,5,8-12H2,1H3,(H,26,32)(H,29,33)(H2,25,27,28,30)/t15-,18-/m0/s1. The first-order valence-electron chi connectivity index (χ1n) is 11.5. The van der Waals surface area contributed by atoms with Gasteiger partial charge in [-0.05, 0) is 65.7 Å². The Hall–Kier alpha value is -2.88. The first-order valence-corrected chi connectivity index (χ1v) is 12.3. The van der Waals surface area contributed by atoms with Crippen molar-refractivity contribution in [2.75, 3.05) is 42.1 Å². The number of carbonyl (C=O) groups excluding carboxylic acids is 2. The molecule has 10 heteroatoms. The highest BCUT2D eigenvalue weighted by molar-refractivity contribution is 9.10. The van der Waals surface area contributed by atoms with E-state index in [2.05, 4.69) is 54.1 Å². The molecule has 2 atom stereocenters. The van der Waals surface area contributed by atoms with Crippen LogP contribution in [0.1, 0.15) is 32.6 Å². The number of rotatable bonds is 9. The van der Waals surface area contributed by atoms with Crippen LogP contribution in [0, 0.1) is 11.8 Å². The molecule has 2 fully saturated rings. The Morgan fingerprint density at radius 1 is 1.18 bits per heavy atom. The van der Waals surface area contributed by atoms with Crippen molar-refractivity contribution in [2.45, 2.75) is 32.6 Å². The minimum Gasteiger partial charge on any atom is -0.369 e. The maximum absolute atomic E-state index is 12.3. The number of hydrogen-bond donors (Lipinski definition) is 4. The van der Waals surface area contributed by atoms with Gasteiger partial charge < -0.3 is 26.2 Å². The molecule has 1 aromatic heterocycles. The van der Waals surface area contributed by atoms with Crippen molar-refractivity contribution >= 4 is 51.0 Å². The second-order valence-electron chi connectivity index (χ2n) is 8.61. The number of hydrogen-bond acceptors (Lipinski definition) is 6. The van der Waals surface area contributed by atoms with E-state index in [1.165, 1.54) is 0 Å². The number of nitrogens with one attached hydrogen (secondary N) is 4. The van der Waals surface area contributed by atoms with E-state index in [-0.39, 0.29) is 17.9 Å². The minimum atomic E-state index is -0.0705. The monoisotopic (exact) mass is 515 g/mol. The molecule has 4 rings (SSSR count). The molecule has 2 aromatic rings. The second kappa shape index (κ2) is 10.8. The highest BCUT2D eigenvalue weighted by Gasteiger charge is 2.38. The fourth-order valence-corrected chi connectivity index (χ4v) is 4.13. The van der Waals surface area contributed by atoms with E-state index in [1.807, 2.05) is 29.2 Å². The zero-order valence-electron chi connectivity index (χ0n) is 18.7. The lowest BCUT2D eigenvalue weighted by Crippen LogP contribution is -2.32. The maximum atomic E-state index is 12.3. The summed E-state index contributed by atoms with van der Waals surface area (Å²) >= 11 is 3.48. The van der Waals surface area contributed by atoms with Gasteiger partial charge in [-0.3, -0.25) is 4.79 Å².